The average molecular weight is 264 g/mol. The van der Waals surface area contributed by atoms with Crippen LogP contribution in [0.25, 0.3) is 0 Å². The highest BCUT2D eigenvalue weighted by Crippen LogP contribution is 2.17. The third-order valence-corrected chi connectivity index (χ3v) is 3.94. The first kappa shape index (κ1) is 14.0. The van der Waals surface area contributed by atoms with E-state index in [4.69, 9.17) is 0 Å². The first-order chi connectivity index (χ1) is 8.99. The third kappa shape index (κ3) is 3.13. The van der Waals surface area contributed by atoms with Crippen molar-refractivity contribution in [3.8, 4) is 0 Å². The lowest BCUT2D eigenvalue weighted by molar-refractivity contribution is 0.0897. The molecule has 1 heterocycles. The van der Waals surface area contributed by atoms with Crippen molar-refractivity contribution < 1.29 is 9.18 Å². The van der Waals surface area contributed by atoms with E-state index in [9.17, 15) is 9.18 Å². The summed E-state index contributed by atoms with van der Waals surface area (Å²) >= 11 is 0. The Morgan fingerprint density at radius 1 is 1.42 bits per heavy atom. The van der Waals surface area contributed by atoms with Gasteiger partial charge in [-0.1, -0.05) is 6.92 Å². The summed E-state index contributed by atoms with van der Waals surface area (Å²) in [7, 11) is 0. The fraction of sp³-hybridized carbons (Fsp3) is 0.533. The van der Waals surface area contributed by atoms with Gasteiger partial charge in [-0.15, -0.1) is 0 Å². The summed E-state index contributed by atoms with van der Waals surface area (Å²) in [6, 6.07) is 4.84. The Labute approximate surface area is 113 Å². The highest BCUT2D eigenvalue weighted by molar-refractivity contribution is 5.94. The summed E-state index contributed by atoms with van der Waals surface area (Å²) in [5.41, 5.74) is 1.01. The molecule has 1 aliphatic heterocycles. The molecule has 3 nitrogen and oxygen atoms in total. The number of carbonyl (C=O) groups is 1. The molecule has 1 amide bonds. The summed E-state index contributed by atoms with van der Waals surface area (Å²) in [6.45, 7) is 6.89. The minimum absolute atomic E-state index is 0.117. The highest BCUT2D eigenvalue weighted by atomic mass is 19.1. The number of hydrogen-bond donors (Lipinski definition) is 2. The Balaban J connectivity index is 2.09. The first-order valence-electron chi connectivity index (χ1n) is 6.79. The van der Waals surface area contributed by atoms with Crippen molar-refractivity contribution in [2.24, 2.45) is 5.92 Å². The predicted octanol–water partition coefficient (Wildman–Crippen LogP) is 2.25. The van der Waals surface area contributed by atoms with Crippen LogP contribution in [0.3, 0.4) is 0 Å². The molecule has 1 aliphatic rings. The molecule has 1 aromatic carbocycles. The second-order valence-electron chi connectivity index (χ2n) is 5.47. The zero-order valence-corrected chi connectivity index (χ0v) is 11.7. The quantitative estimate of drug-likeness (QED) is 0.860. The lowest BCUT2D eigenvalue weighted by Gasteiger charge is -2.36. The lowest BCUT2D eigenvalue weighted by atomic mass is 9.89. The van der Waals surface area contributed by atoms with Crippen LogP contribution in [-0.4, -0.2) is 24.5 Å². The summed E-state index contributed by atoms with van der Waals surface area (Å²) in [5, 5.41) is 6.42. The molecule has 0 radical (unpaired) electrons. The van der Waals surface area contributed by atoms with Gasteiger partial charge in [-0.25, -0.2) is 4.39 Å². The number of benzene rings is 1. The molecule has 0 aromatic heterocycles. The molecule has 3 unspecified atom stereocenters. The smallest absolute Gasteiger partial charge is 0.251 e. The summed E-state index contributed by atoms with van der Waals surface area (Å²) < 4.78 is 13.2. The Kier molecular flexibility index (Phi) is 4.20. The normalized spacial score (nSPS) is 27.1. The standard InChI is InChI=1S/C15H21FN2O/c1-9-6-7-17-11(3)14(9)18-15(19)12-4-5-13(16)10(2)8-12/h4-5,8-9,11,14,17H,6-7H2,1-3H3,(H,18,19). The van der Waals surface area contributed by atoms with Gasteiger partial charge in [-0.2, -0.15) is 0 Å². The number of aryl methyl sites for hydroxylation is 1. The Bertz CT molecular complexity index is 465. The first-order valence-corrected chi connectivity index (χ1v) is 6.79. The number of rotatable bonds is 2. The van der Waals surface area contributed by atoms with Gasteiger partial charge in [0.25, 0.3) is 5.91 Å². The van der Waals surface area contributed by atoms with Crippen molar-refractivity contribution in [2.75, 3.05) is 6.54 Å². The van der Waals surface area contributed by atoms with Crippen LogP contribution in [0.1, 0.15) is 36.2 Å². The van der Waals surface area contributed by atoms with Crippen molar-refractivity contribution >= 4 is 5.91 Å². The van der Waals surface area contributed by atoms with Crippen LogP contribution in [0.2, 0.25) is 0 Å². The average Bonchev–Trinajstić information content (AvgIpc) is 2.37. The maximum atomic E-state index is 13.2. The molecule has 0 aliphatic carbocycles. The number of hydrogen-bond acceptors (Lipinski definition) is 2. The van der Waals surface area contributed by atoms with Crippen molar-refractivity contribution in [3.05, 3.63) is 35.1 Å². The number of piperidine rings is 1. The van der Waals surface area contributed by atoms with Gasteiger partial charge in [0.2, 0.25) is 0 Å². The van der Waals surface area contributed by atoms with Crippen LogP contribution >= 0.6 is 0 Å². The van der Waals surface area contributed by atoms with Gasteiger partial charge in [-0.3, -0.25) is 4.79 Å². The molecule has 104 valence electrons. The van der Waals surface area contributed by atoms with Crippen LogP contribution in [0.5, 0.6) is 0 Å². The largest absolute Gasteiger partial charge is 0.347 e. The van der Waals surface area contributed by atoms with Gasteiger partial charge in [0, 0.05) is 17.6 Å². The predicted molar refractivity (Wildman–Crippen MR) is 73.6 cm³/mol. The molecule has 4 heteroatoms. The molecular weight excluding hydrogens is 243 g/mol. The summed E-state index contributed by atoms with van der Waals surface area (Å²) in [5.74, 6) is 0.0369. The summed E-state index contributed by atoms with van der Waals surface area (Å²) in [4.78, 5) is 12.2. The number of amides is 1. The molecule has 19 heavy (non-hydrogen) atoms. The van der Waals surface area contributed by atoms with Gasteiger partial charge in [0.15, 0.2) is 0 Å². The van der Waals surface area contributed by atoms with E-state index in [1.807, 2.05) is 0 Å². The lowest BCUT2D eigenvalue weighted by Crippen LogP contribution is -2.55. The topological polar surface area (TPSA) is 41.1 Å². The molecule has 2 rings (SSSR count). The zero-order valence-electron chi connectivity index (χ0n) is 11.7. The second-order valence-corrected chi connectivity index (χ2v) is 5.47. The van der Waals surface area contributed by atoms with Crippen LogP contribution < -0.4 is 10.6 Å². The van der Waals surface area contributed by atoms with Crippen molar-refractivity contribution in [1.82, 2.24) is 10.6 Å². The Hall–Kier alpha value is -1.42. The molecule has 1 fully saturated rings. The van der Waals surface area contributed by atoms with Gasteiger partial charge >= 0.3 is 0 Å². The van der Waals surface area contributed by atoms with Crippen LogP contribution in [0.4, 0.5) is 4.39 Å². The van der Waals surface area contributed by atoms with E-state index >= 15 is 0 Å². The minimum atomic E-state index is -0.280. The Morgan fingerprint density at radius 2 is 2.16 bits per heavy atom. The SMILES string of the molecule is Cc1cc(C(=O)NC2C(C)CCNC2C)ccc1F. The van der Waals surface area contributed by atoms with E-state index < -0.39 is 0 Å². The molecule has 2 N–H and O–H groups in total. The van der Waals surface area contributed by atoms with Crippen LogP contribution in [0, 0.1) is 18.7 Å². The van der Waals surface area contributed by atoms with E-state index in [0.717, 1.165) is 13.0 Å². The number of halogens is 1. The number of carbonyl (C=O) groups excluding carboxylic acids is 1. The third-order valence-electron chi connectivity index (χ3n) is 3.94. The van der Waals surface area contributed by atoms with E-state index in [1.165, 1.54) is 12.1 Å². The minimum Gasteiger partial charge on any atom is -0.347 e. The zero-order chi connectivity index (χ0) is 14.0. The molecular formula is C15H21FN2O. The fourth-order valence-electron chi connectivity index (χ4n) is 2.63. The van der Waals surface area contributed by atoms with E-state index in [2.05, 4.69) is 24.5 Å². The second kappa shape index (κ2) is 5.70. The van der Waals surface area contributed by atoms with Crippen LogP contribution in [-0.2, 0) is 0 Å². The van der Waals surface area contributed by atoms with Gasteiger partial charge in [0.1, 0.15) is 5.82 Å². The van der Waals surface area contributed by atoms with Crippen LogP contribution in [0.15, 0.2) is 18.2 Å². The van der Waals surface area contributed by atoms with Gasteiger partial charge in [0.05, 0.1) is 0 Å². The van der Waals surface area contributed by atoms with Crippen molar-refractivity contribution in [3.63, 3.8) is 0 Å². The Morgan fingerprint density at radius 3 is 2.79 bits per heavy atom. The molecule has 0 bridgehead atoms. The van der Waals surface area contributed by atoms with E-state index in [1.54, 1.807) is 13.0 Å². The van der Waals surface area contributed by atoms with E-state index in [0.29, 0.717) is 17.0 Å². The maximum absolute atomic E-state index is 13.2. The number of nitrogens with one attached hydrogen (secondary N) is 2. The maximum Gasteiger partial charge on any atom is 0.251 e. The highest BCUT2D eigenvalue weighted by Gasteiger charge is 2.28. The van der Waals surface area contributed by atoms with Crippen molar-refractivity contribution in [2.45, 2.75) is 39.3 Å². The molecule has 1 aromatic rings. The van der Waals surface area contributed by atoms with Gasteiger partial charge in [-0.05, 0) is 56.5 Å². The molecule has 0 spiro atoms. The fourth-order valence-corrected chi connectivity index (χ4v) is 2.63. The molecule has 3 atom stereocenters. The molecule has 1 saturated heterocycles. The van der Waals surface area contributed by atoms with E-state index in [-0.39, 0.29) is 23.8 Å². The monoisotopic (exact) mass is 264 g/mol. The van der Waals surface area contributed by atoms with Gasteiger partial charge < -0.3 is 10.6 Å². The summed E-state index contributed by atoms with van der Waals surface area (Å²) in [6.07, 6.45) is 1.05. The van der Waals surface area contributed by atoms with Crippen molar-refractivity contribution in [1.29, 1.82) is 0 Å². The molecule has 0 saturated carbocycles.